The van der Waals surface area contributed by atoms with E-state index in [1.807, 2.05) is 18.2 Å². The molecule has 1 amide bonds. The van der Waals surface area contributed by atoms with Crippen molar-refractivity contribution in [1.82, 2.24) is 4.98 Å². The monoisotopic (exact) mass is 362 g/mol. The highest BCUT2D eigenvalue weighted by Crippen LogP contribution is 2.18. The molecule has 2 aromatic carbocycles. The van der Waals surface area contributed by atoms with Gasteiger partial charge in [-0.25, -0.2) is 4.79 Å². The minimum absolute atomic E-state index is 0.115. The summed E-state index contributed by atoms with van der Waals surface area (Å²) in [4.78, 5) is 41.5. The van der Waals surface area contributed by atoms with Gasteiger partial charge in [0.15, 0.2) is 6.61 Å². The summed E-state index contributed by atoms with van der Waals surface area (Å²) < 4.78 is 5.11. The second-order valence-corrected chi connectivity index (χ2v) is 5.83. The summed E-state index contributed by atoms with van der Waals surface area (Å²) in [5.74, 6) is -1.41. The zero-order valence-corrected chi connectivity index (χ0v) is 14.7. The average molecular weight is 362 g/mol. The molecule has 0 aliphatic heterocycles. The summed E-state index contributed by atoms with van der Waals surface area (Å²) >= 11 is 0. The Labute approximate surface area is 156 Å². The van der Waals surface area contributed by atoms with Crippen LogP contribution in [0.3, 0.4) is 0 Å². The van der Waals surface area contributed by atoms with E-state index in [-0.39, 0.29) is 22.8 Å². The van der Waals surface area contributed by atoms with Gasteiger partial charge in [0.05, 0.1) is 16.8 Å². The van der Waals surface area contributed by atoms with Crippen LogP contribution >= 0.6 is 0 Å². The molecular formula is C21H18N2O4. The summed E-state index contributed by atoms with van der Waals surface area (Å²) in [6.07, 6.45) is 1.61. The van der Waals surface area contributed by atoms with E-state index in [0.717, 1.165) is 0 Å². The van der Waals surface area contributed by atoms with E-state index in [0.29, 0.717) is 11.4 Å². The lowest BCUT2D eigenvalue weighted by Crippen LogP contribution is -2.28. The molecule has 6 nitrogen and oxygen atoms in total. The van der Waals surface area contributed by atoms with Crippen LogP contribution in [0.5, 0.6) is 0 Å². The quantitative estimate of drug-likeness (QED) is 0.539. The number of Topliss-reactive ketones (excluding diaryl/α,β-unsaturated/α-hetero) is 1. The SMILES string of the molecule is CN(C(=O)c1ccccc1C(=O)OCC(=O)c1ccc[nH]1)c1ccccc1. The molecule has 136 valence electrons. The molecule has 6 heteroatoms. The smallest absolute Gasteiger partial charge is 0.339 e. The highest BCUT2D eigenvalue weighted by atomic mass is 16.5. The molecule has 1 heterocycles. The number of ketones is 1. The summed E-state index contributed by atoms with van der Waals surface area (Å²) in [5.41, 5.74) is 1.38. The number of carbonyl (C=O) groups excluding carboxylic acids is 3. The molecule has 0 unspecified atom stereocenters. The van der Waals surface area contributed by atoms with Crippen molar-refractivity contribution < 1.29 is 19.1 Å². The van der Waals surface area contributed by atoms with Gasteiger partial charge in [-0.2, -0.15) is 0 Å². The van der Waals surface area contributed by atoms with E-state index in [1.165, 1.54) is 11.0 Å². The van der Waals surface area contributed by atoms with Gasteiger partial charge < -0.3 is 14.6 Å². The lowest BCUT2D eigenvalue weighted by molar-refractivity contribution is 0.0471. The van der Waals surface area contributed by atoms with Crippen molar-refractivity contribution in [2.75, 3.05) is 18.6 Å². The van der Waals surface area contributed by atoms with Gasteiger partial charge in [-0.3, -0.25) is 9.59 Å². The summed E-state index contributed by atoms with van der Waals surface area (Å²) in [7, 11) is 1.63. The Kier molecular flexibility index (Phi) is 5.47. The molecule has 1 N–H and O–H groups in total. The largest absolute Gasteiger partial charge is 0.454 e. The maximum Gasteiger partial charge on any atom is 0.339 e. The topological polar surface area (TPSA) is 79.5 Å². The molecule has 0 saturated heterocycles. The Morgan fingerprint density at radius 3 is 2.22 bits per heavy atom. The first-order valence-corrected chi connectivity index (χ1v) is 8.34. The number of anilines is 1. The predicted octanol–water partition coefficient (Wildman–Crippen LogP) is 3.33. The van der Waals surface area contributed by atoms with Gasteiger partial charge in [-0.1, -0.05) is 30.3 Å². The molecule has 0 saturated carbocycles. The zero-order valence-electron chi connectivity index (χ0n) is 14.7. The number of H-pyrrole nitrogens is 1. The number of benzene rings is 2. The number of aromatic amines is 1. The minimum atomic E-state index is -0.722. The third kappa shape index (κ3) is 4.12. The number of nitrogens with zero attached hydrogens (tertiary/aromatic N) is 1. The molecule has 1 aromatic heterocycles. The van der Waals surface area contributed by atoms with E-state index in [2.05, 4.69) is 4.98 Å². The fourth-order valence-electron chi connectivity index (χ4n) is 2.59. The van der Waals surface area contributed by atoms with Crippen LogP contribution in [0, 0.1) is 0 Å². The second-order valence-electron chi connectivity index (χ2n) is 5.83. The Balaban J connectivity index is 1.76. The maximum atomic E-state index is 12.8. The Morgan fingerprint density at radius 1 is 0.889 bits per heavy atom. The third-order valence-electron chi connectivity index (χ3n) is 4.06. The van der Waals surface area contributed by atoms with Crippen LogP contribution in [0.4, 0.5) is 5.69 Å². The van der Waals surface area contributed by atoms with Gasteiger partial charge in [-0.05, 0) is 36.4 Å². The van der Waals surface area contributed by atoms with Crippen molar-refractivity contribution in [3.05, 3.63) is 89.7 Å². The molecule has 0 spiro atoms. The normalized spacial score (nSPS) is 10.3. The summed E-state index contributed by atoms with van der Waals surface area (Å²) in [6.45, 7) is -0.406. The molecular weight excluding hydrogens is 344 g/mol. The Bertz CT molecular complexity index is 949. The number of amides is 1. The average Bonchev–Trinajstić information content (AvgIpc) is 3.26. The second kappa shape index (κ2) is 8.14. The minimum Gasteiger partial charge on any atom is -0.454 e. The molecule has 3 aromatic rings. The fraction of sp³-hybridized carbons (Fsp3) is 0.0952. The van der Waals surface area contributed by atoms with E-state index in [9.17, 15) is 14.4 Å². The van der Waals surface area contributed by atoms with Gasteiger partial charge >= 0.3 is 5.97 Å². The van der Waals surface area contributed by atoms with E-state index >= 15 is 0 Å². The molecule has 27 heavy (non-hydrogen) atoms. The van der Waals surface area contributed by atoms with Gasteiger partial charge in [-0.15, -0.1) is 0 Å². The highest BCUT2D eigenvalue weighted by Gasteiger charge is 2.22. The van der Waals surface area contributed by atoms with Crippen LogP contribution in [0.2, 0.25) is 0 Å². The number of aromatic nitrogens is 1. The van der Waals surface area contributed by atoms with E-state index in [4.69, 9.17) is 4.74 Å². The lowest BCUT2D eigenvalue weighted by atomic mass is 10.1. The first-order valence-electron chi connectivity index (χ1n) is 8.34. The highest BCUT2D eigenvalue weighted by molar-refractivity contribution is 6.12. The van der Waals surface area contributed by atoms with Crippen LogP contribution in [-0.4, -0.2) is 36.3 Å². The molecule has 0 aliphatic rings. The first-order chi connectivity index (χ1) is 13.1. The molecule has 0 bridgehead atoms. The predicted molar refractivity (Wildman–Crippen MR) is 101 cm³/mol. The van der Waals surface area contributed by atoms with Crippen LogP contribution in [0.25, 0.3) is 0 Å². The van der Waals surface area contributed by atoms with Crippen molar-refractivity contribution in [3.8, 4) is 0 Å². The number of esters is 1. The molecule has 0 radical (unpaired) electrons. The van der Waals surface area contributed by atoms with Crippen LogP contribution in [-0.2, 0) is 4.74 Å². The van der Waals surface area contributed by atoms with E-state index < -0.39 is 12.6 Å². The number of ether oxygens (including phenoxy) is 1. The van der Waals surface area contributed by atoms with Crippen LogP contribution < -0.4 is 4.90 Å². The molecule has 3 rings (SSSR count). The summed E-state index contributed by atoms with van der Waals surface area (Å²) in [5, 5.41) is 0. The Hall–Kier alpha value is -3.67. The van der Waals surface area contributed by atoms with E-state index in [1.54, 1.807) is 55.7 Å². The zero-order chi connectivity index (χ0) is 19.2. The number of carbonyl (C=O) groups is 3. The van der Waals surface area contributed by atoms with Gasteiger partial charge in [0.25, 0.3) is 5.91 Å². The lowest BCUT2D eigenvalue weighted by Gasteiger charge is -2.18. The maximum absolute atomic E-state index is 12.8. The van der Waals surface area contributed by atoms with Gasteiger partial charge in [0.2, 0.25) is 5.78 Å². The van der Waals surface area contributed by atoms with Crippen LogP contribution in [0.1, 0.15) is 31.2 Å². The number of hydrogen-bond acceptors (Lipinski definition) is 4. The van der Waals surface area contributed by atoms with Crippen molar-refractivity contribution in [1.29, 1.82) is 0 Å². The van der Waals surface area contributed by atoms with Crippen molar-refractivity contribution >= 4 is 23.3 Å². The Morgan fingerprint density at radius 2 is 1.56 bits per heavy atom. The molecule has 0 atom stereocenters. The number of rotatable bonds is 6. The van der Waals surface area contributed by atoms with Crippen molar-refractivity contribution in [2.45, 2.75) is 0 Å². The molecule has 0 aliphatic carbocycles. The number of para-hydroxylation sites is 1. The first kappa shape index (κ1) is 18.1. The third-order valence-corrected chi connectivity index (χ3v) is 4.06. The van der Waals surface area contributed by atoms with Gasteiger partial charge in [0, 0.05) is 18.9 Å². The fourth-order valence-corrected chi connectivity index (χ4v) is 2.59. The molecule has 0 fully saturated rings. The van der Waals surface area contributed by atoms with Crippen molar-refractivity contribution in [2.24, 2.45) is 0 Å². The van der Waals surface area contributed by atoms with Gasteiger partial charge in [0.1, 0.15) is 0 Å². The number of hydrogen-bond donors (Lipinski definition) is 1. The number of nitrogens with one attached hydrogen (secondary N) is 1. The summed E-state index contributed by atoms with van der Waals surface area (Å²) in [6, 6.07) is 18.8. The van der Waals surface area contributed by atoms with Crippen LogP contribution in [0.15, 0.2) is 72.9 Å². The standard InChI is InChI=1S/C21H18N2O4/c1-23(15-8-3-2-4-9-15)20(25)16-10-5-6-11-17(16)21(26)27-14-19(24)18-12-7-13-22-18/h2-13,22H,14H2,1H3. The van der Waals surface area contributed by atoms with Crippen molar-refractivity contribution in [3.63, 3.8) is 0 Å².